The first kappa shape index (κ1) is 17.7. The number of ether oxygens (including phenoxy) is 2. The van der Waals surface area contributed by atoms with Crippen molar-refractivity contribution in [3.05, 3.63) is 29.6 Å². The summed E-state index contributed by atoms with van der Waals surface area (Å²) in [5.41, 5.74) is 0.544. The third kappa shape index (κ3) is 4.22. The van der Waals surface area contributed by atoms with Crippen molar-refractivity contribution in [2.75, 3.05) is 27.3 Å². The predicted molar refractivity (Wildman–Crippen MR) is 86.7 cm³/mol. The maximum absolute atomic E-state index is 14.2. The number of halogens is 1. The fraction of sp³-hybridized carbons (Fsp3) is 0.611. The molecule has 0 amide bonds. The summed E-state index contributed by atoms with van der Waals surface area (Å²) in [4.78, 5) is 14.1. The lowest BCUT2D eigenvalue weighted by molar-refractivity contribution is -0.148. The highest BCUT2D eigenvalue weighted by Crippen LogP contribution is 2.31. The lowest BCUT2D eigenvalue weighted by atomic mass is 9.82. The van der Waals surface area contributed by atoms with Gasteiger partial charge in [-0.05, 0) is 30.4 Å². The maximum atomic E-state index is 14.2. The molecule has 1 aliphatic heterocycles. The second-order valence-electron chi connectivity index (χ2n) is 6.57. The Morgan fingerprint density at radius 2 is 2.09 bits per heavy atom. The van der Waals surface area contributed by atoms with Crippen LogP contribution in [0.2, 0.25) is 0 Å². The Balaban J connectivity index is 2.19. The molecule has 4 nitrogen and oxygen atoms in total. The third-order valence-corrected chi connectivity index (χ3v) is 4.71. The molecule has 0 saturated carbocycles. The zero-order valence-corrected chi connectivity index (χ0v) is 14.3. The summed E-state index contributed by atoms with van der Waals surface area (Å²) in [5.74, 6) is 0.801. The average molecular weight is 323 g/mol. The van der Waals surface area contributed by atoms with Crippen LogP contribution < -0.4 is 4.74 Å². The van der Waals surface area contributed by atoms with E-state index in [2.05, 4.69) is 18.7 Å². The molecule has 23 heavy (non-hydrogen) atoms. The highest BCUT2D eigenvalue weighted by atomic mass is 19.1. The molecule has 0 radical (unpaired) electrons. The molecule has 1 heterocycles. The van der Waals surface area contributed by atoms with Crippen molar-refractivity contribution in [3.63, 3.8) is 0 Å². The van der Waals surface area contributed by atoms with Gasteiger partial charge in [0.15, 0.2) is 0 Å². The lowest BCUT2D eigenvalue weighted by Crippen LogP contribution is -2.44. The Kier molecular flexibility index (Phi) is 5.99. The molecule has 2 atom stereocenters. The van der Waals surface area contributed by atoms with Gasteiger partial charge in [-0.1, -0.05) is 19.9 Å². The summed E-state index contributed by atoms with van der Waals surface area (Å²) in [5, 5.41) is 0. The fourth-order valence-electron chi connectivity index (χ4n) is 3.29. The van der Waals surface area contributed by atoms with Gasteiger partial charge in [0.05, 0.1) is 20.1 Å². The average Bonchev–Trinajstić information content (AvgIpc) is 2.55. The first-order valence-corrected chi connectivity index (χ1v) is 8.07. The maximum Gasteiger partial charge on any atom is 0.309 e. The van der Waals surface area contributed by atoms with Crippen molar-refractivity contribution in [3.8, 4) is 5.75 Å². The van der Waals surface area contributed by atoms with Crippen molar-refractivity contribution in [2.24, 2.45) is 17.8 Å². The summed E-state index contributed by atoms with van der Waals surface area (Å²) < 4.78 is 24.4. The van der Waals surface area contributed by atoms with Crippen molar-refractivity contribution in [2.45, 2.75) is 26.8 Å². The molecule has 1 fully saturated rings. The summed E-state index contributed by atoms with van der Waals surface area (Å²) in [6, 6.07) is 4.85. The van der Waals surface area contributed by atoms with E-state index in [1.807, 2.05) is 0 Å². The van der Waals surface area contributed by atoms with E-state index in [9.17, 15) is 9.18 Å². The predicted octanol–water partition coefficient (Wildman–Crippen LogP) is 3.10. The van der Waals surface area contributed by atoms with E-state index in [-0.39, 0.29) is 17.7 Å². The topological polar surface area (TPSA) is 38.8 Å². The molecule has 1 aliphatic rings. The van der Waals surface area contributed by atoms with Gasteiger partial charge in [0, 0.05) is 25.2 Å². The Hall–Kier alpha value is -1.62. The summed E-state index contributed by atoms with van der Waals surface area (Å²) in [6.45, 7) is 6.20. The molecule has 128 valence electrons. The van der Waals surface area contributed by atoms with Crippen molar-refractivity contribution in [1.82, 2.24) is 4.90 Å². The van der Waals surface area contributed by atoms with Crippen LogP contribution >= 0.6 is 0 Å². The fourth-order valence-corrected chi connectivity index (χ4v) is 3.29. The summed E-state index contributed by atoms with van der Waals surface area (Å²) >= 11 is 0. The van der Waals surface area contributed by atoms with E-state index in [0.29, 0.717) is 36.2 Å². The van der Waals surface area contributed by atoms with Crippen molar-refractivity contribution < 1.29 is 18.7 Å². The minimum Gasteiger partial charge on any atom is -0.496 e. The van der Waals surface area contributed by atoms with Crippen molar-refractivity contribution >= 4 is 5.97 Å². The lowest BCUT2D eigenvalue weighted by Gasteiger charge is -2.38. The number of hydrogen-bond acceptors (Lipinski definition) is 4. The number of esters is 1. The number of hydrogen-bond donors (Lipinski definition) is 0. The number of carbonyl (C=O) groups excluding carboxylic acids is 1. The molecule has 1 saturated heterocycles. The van der Waals surface area contributed by atoms with Crippen molar-refractivity contribution in [1.29, 1.82) is 0 Å². The van der Waals surface area contributed by atoms with Gasteiger partial charge < -0.3 is 9.47 Å². The van der Waals surface area contributed by atoms with Crippen LogP contribution in [0.5, 0.6) is 5.75 Å². The molecule has 0 aromatic heterocycles. The van der Waals surface area contributed by atoms with Crippen LogP contribution in [-0.2, 0) is 16.1 Å². The van der Waals surface area contributed by atoms with Gasteiger partial charge in [0.2, 0.25) is 0 Å². The first-order valence-electron chi connectivity index (χ1n) is 8.07. The standard InChI is InChI=1S/C18H26FNO3/c1-12(2)13-8-14(18(21)23-4)10-20(9-13)11-15-16(19)6-5-7-17(15)22-3/h5-7,12-14H,8-11H2,1-4H3. The molecule has 2 rings (SSSR count). The second kappa shape index (κ2) is 7.77. The Morgan fingerprint density at radius 1 is 1.35 bits per heavy atom. The molecule has 1 aromatic rings. The SMILES string of the molecule is COC(=O)C1CC(C(C)C)CN(Cc2c(F)cccc2OC)C1. The van der Waals surface area contributed by atoms with Gasteiger partial charge in [-0.25, -0.2) is 4.39 Å². The molecule has 0 N–H and O–H groups in total. The van der Waals surface area contributed by atoms with E-state index in [1.54, 1.807) is 19.2 Å². The molecule has 0 bridgehead atoms. The van der Waals surface area contributed by atoms with E-state index < -0.39 is 0 Å². The second-order valence-corrected chi connectivity index (χ2v) is 6.57. The number of benzene rings is 1. The highest BCUT2D eigenvalue weighted by molar-refractivity contribution is 5.72. The number of likely N-dealkylation sites (tertiary alicyclic amines) is 1. The number of carbonyl (C=O) groups is 1. The van der Waals surface area contributed by atoms with Gasteiger partial charge >= 0.3 is 5.97 Å². The van der Waals surface area contributed by atoms with Gasteiger partial charge in [-0.2, -0.15) is 0 Å². The van der Waals surface area contributed by atoms with E-state index in [1.165, 1.54) is 13.2 Å². The van der Waals surface area contributed by atoms with E-state index >= 15 is 0 Å². The minimum absolute atomic E-state index is 0.154. The van der Waals surface area contributed by atoms with Crippen LogP contribution in [0.25, 0.3) is 0 Å². The zero-order chi connectivity index (χ0) is 17.0. The van der Waals surface area contributed by atoms with Crippen LogP contribution in [0.1, 0.15) is 25.8 Å². The van der Waals surface area contributed by atoms with E-state index in [0.717, 1.165) is 13.0 Å². The van der Waals surface area contributed by atoms with Crippen LogP contribution in [0.3, 0.4) is 0 Å². The Bertz CT molecular complexity index is 547. The molecule has 0 spiro atoms. The van der Waals surface area contributed by atoms with Crippen LogP contribution in [-0.4, -0.2) is 38.2 Å². The largest absolute Gasteiger partial charge is 0.496 e. The molecule has 2 unspecified atom stereocenters. The van der Waals surface area contributed by atoms with Crippen LogP contribution in [0.15, 0.2) is 18.2 Å². The molecule has 1 aromatic carbocycles. The van der Waals surface area contributed by atoms with Crippen LogP contribution in [0, 0.1) is 23.6 Å². The summed E-state index contributed by atoms with van der Waals surface area (Å²) in [7, 11) is 2.97. The monoisotopic (exact) mass is 323 g/mol. The first-order chi connectivity index (χ1) is 11.0. The number of methoxy groups -OCH3 is 2. The molecular formula is C18H26FNO3. The molecule has 0 aliphatic carbocycles. The zero-order valence-electron chi connectivity index (χ0n) is 14.3. The van der Waals surface area contributed by atoms with Gasteiger partial charge in [0.1, 0.15) is 11.6 Å². The highest BCUT2D eigenvalue weighted by Gasteiger charge is 2.34. The van der Waals surface area contributed by atoms with Crippen LogP contribution in [0.4, 0.5) is 4.39 Å². The van der Waals surface area contributed by atoms with Gasteiger partial charge in [0.25, 0.3) is 0 Å². The number of piperidine rings is 1. The van der Waals surface area contributed by atoms with Gasteiger partial charge in [-0.15, -0.1) is 0 Å². The number of rotatable bonds is 5. The van der Waals surface area contributed by atoms with Gasteiger partial charge in [-0.3, -0.25) is 9.69 Å². The Morgan fingerprint density at radius 3 is 2.70 bits per heavy atom. The number of nitrogens with zero attached hydrogens (tertiary/aromatic N) is 1. The Labute approximate surface area is 137 Å². The quantitative estimate of drug-likeness (QED) is 0.781. The smallest absolute Gasteiger partial charge is 0.309 e. The van der Waals surface area contributed by atoms with E-state index in [4.69, 9.17) is 9.47 Å². The summed E-state index contributed by atoms with van der Waals surface area (Å²) in [6.07, 6.45) is 0.829. The third-order valence-electron chi connectivity index (χ3n) is 4.71. The minimum atomic E-state index is -0.273. The normalized spacial score (nSPS) is 22.2. The molecule has 5 heteroatoms. The molecular weight excluding hydrogens is 297 g/mol.